The Morgan fingerprint density at radius 1 is 1.20 bits per heavy atom. The Balaban J connectivity index is 2.14. The fourth-order valence-electron chi connectivity index (χ4n) is 3.03. The van der Waals surface area contributed by atoms with Gasteiger partial charge in [-0.3, -0.25) is 9.59 Å². The van der Waals surface area contributed by atoms with Crippen LogP contribution in [0.15, 0.2) is 24.3 Å². The van der Waals surface area contributed by atoms with Crippen LogP contribution in [0.5, 0.6) is 0 Å². The standard InChI is InChI=1S/C19H26N2O4/c1-12(2)16(20-17(22)14-9-7-13(3)8-10-14)18(23)21-11-5-6-15(21)19(24)25-4/h7-10,12,15-16H,5-6,11H2,1-4H3,(H,20,22)/t15-,16-/m0/s1. The molecule has 1 aliphatic heterocycles. The number of esters is 1. The maximum atomic E-state index is 12.9. The average Bonchev–Trinajstić information content (AvgIpc) is 3.08. The highest BCUT2D eigenvalue weighted by molar-refractivity contribution is 5.98. The van der Waals surface area contributed by atoms with Gasteiger partial charge in [0, 0.05) is 12.1 Å². The number of nitrogens with zero attached hydrogens (tertiary/aromatic N) is 1. The van der Waals surface area contributed by atoms with E-state index in [1.54, 1.807) is 12.1 Å². The van der Waals surface area contributed by atoms with Crippen LogP contribution in [0.1, 0.15) is 42.6 Å². The first-order chi connectivity index (χ1) is 11.8. The molecule has 1 aromatic rings. The number of ether oxygens (including phenoxy) is 1. The molecular formula is C19H26N2O4. The molecule has 0 unspecified atom stereocenters. The van der Waals surface area contributed by atoms with E-state index in [0.717, 1.165) is 12.0 Å². The molecule has 1 aliphatic rings. The third-order valence-electron chi connectivity index (χ3n) is 4.54. The van der Waals surface area contributed by atoms with Crippen molar-refractivity contribution >= 4 is 17.8 Å². The van der Waals surface area contributed by atoms with E-state index in [-0.39, 0.29) is 17.7 Å². The summed E-state index contributed by atoms with van der Waals surface area (Å²) in [6, 6.07) is 5.94. The van der Waals surface area contributed by atoms with Crippen molar-refractivity contribution < 1.29 is 19.1 Å². The van der Waals surface area contributed by atoms with Crippen molar-refractivity contribution in [3.63, 3.8) is 0 Å². The Kier molecular flexibility index (Phi) is 6.17. The van der Waals surface area contributed by atoms with Gasteiger partial charge in [0.05, 0.1) is 7.11 Å². The van der Waals surface area contributed by atoms with Gasteiger partial charge in [0.1, 0.15) is 12.1 Å². The molecule has 0 radical (unpaired) electrons. The first-order valence-electron chi connectivity index (χ1n) is 8.61. The molecule has 6 heteroatoms. The molecule has 6 nitrogen and oxygen atoms in total. The van der Waals surface area contributed by atoms with E-state index in [2.05, 4.69) is 5.32 Å². The van der Waals surface area contributed by atoms with Crippen molar-refractivity contribution in [2.45, 2.75) is 45.7 Å². The number of amides is 2. The third kappa shape index (κ3) is 4.38. The Bertz CT molecular complexity index is 639. The minimum Gasteiger partial charge on any atom is -0.467 e. The highest BCUT2D eigenvalue weighted by atomic mass is 16.5. The first kappa shape index (κ1) is 19.0. The quantitative estimate of drug-likeness (QED) is 0.827. The summed E-state index contributed by atoms with van der Waals surface area (Å²) in [5, 5.41) is 2.82. The summed E-state index contributed by atoms with van der Waals surface area (Å²) in [5.74, 6) is -1.02. The van der Waals surface area contributed by atoms with E-state index in [0.29, 0.717) is 18.5 Å². The number of hydrogen-bond acceptors (Lipinski definition) is 4. The topological polar surface area (TPSA) is 75.7 Å². The fourth-order valence-corrected chi connectivity index (χ4v) is 3.03. The van der Waals surface area contributed by atoms with Gasteiger partial charge in [-0.25, -0.2) is 4.79 Å². The van der Waals surface area contributed by atoms with Gasteiger partial charge >= 0.3 is 5.97 Å². The maximum absolute atomic E-state index is 12.9. The number of carbonyl (C=O) groups excluding carboxylic acids is 3. The lowest BCUT2D eigenvalue weighted by molar-refractivity contribution is -0.151. The molecular weight excluding hydrogens is 320 g/mol. The van der Waals surface area contributed by atoms with Crippen molar-refractivity contribution in [1.29, 1.82) is 0 Å². The Morgan fingerprint density at radius 2 is 1.84 bits per heavy atom. The molecule has 1 saturated heterocycles. The van der Waals surface area contributed by atoms with Crippen molar-refractivity contribution in [2.75, 3.05) is 13.7 Å². The van der Waals surface area contributed by atoms with Crippen molar-refractivity contribution in [2.24, 2.45) is 5.92 Å². The highest BCUT2D eigenvalue weighted by Gasteiger charge is 2.39. The smallest absolute Gasteiger partial charge is 0.328 e. The van der Waals surface area contributed by atoms with E-state index >= 15 is 0 Å². The molecule has 2 rings (SSSR count). The average molecular weight is 346 g/mol. The zero-order chi connectivity index (χ0) is 18.6. The Hall–Kier alpha value is -2.37. The van der Waals surface area contributed by atoms with Crippen LogP contribution in [0, 0.1) is 12.8 Å². The number of rotatable bonds is 5. The zero-order valence-corrected chi connectivity index (χ0v) is 15.2. The fraction of sp³-hybridized carbons (Fsp3) is 0.526. The molecule has 0 aromatic heterocycles. The second-order valence-electron chi connectivity index (χ2n) is 6.77. The summed E-state index contributed by atoms with van der Waals surface area (Å²) in [6.45, 7) is 6.20. The number of likely N-dealkylation sites (tertiary alicyclic amines) is 1. The molecule has 2 atom stereocenters. The Morgan fingerprint density at radius 3 is 2.40 bits per heavy atom. The lowest BCUT2D eigenvalue weighted by Crippen LogP contribution is -2.53. The SMILES string of the molecule is COC(=O)[C@@H]1CCCN1C(=O)[C@@H](NC(=O)c1ccc(C)cc1)C(C)C. The Labute approximate surface area is 148 Å². The second-order valence-corrected chi connectivity index (χ2v) is 6.77. The van der Waals surface area contributed by atoms with Gasteiger partial charge in [0.2, 0.25) is 5.91 Å². The monoisotopic (exact) mass is 346 g/mol. The summed E-state index contributed by atoms with van der Waals surface area (Å²) in [4.78, 5) is 38.9. The summed E-state index contributed by atoms with van der Waals surface area (Å²) < 4.78 is 4.80. The van der Waals surface area contributed by atoms with Gasteiger partial charge in [-0.15, -0.1) is 0 Å². The molecule has 0 saturated carbocycles. The third-order valence-corrected chi connectivity index (χ3v) is 4.54. The number of methoxy groups -OCH3 is 1. The highest BCUT2D eigenvalue weighted by Crippen LogP contribution is 2.21. The second kappa shape index (κ2) is 8.14. The number of nitrogens with one attached hydrogen (secondary N) is 1. The van der Waals surface area contributed by atoms with E-state index in [1.165, 1.54) is 12.0 Å². The van der Waals surface area contributed by atoms with Crippen molar-refractivity contribution in [3.8, 4) is 0 Å². The molecule has 1 aromatic carbocycles. The van der Waals surface area contributed by atoms with E-state index in [1.807, 2.05) is 32.9 Å². The summed E-state index contributed by atoms with van der Waals surface area (Å²) >= 11 is 0. The van der Waals surface area contributed by atoms with E-state index in [4.69, 9.17) is 4.74 Å². The van der Waals surface area contributed by atoms with Gasteiger partial charge in [0.15, 0.2) is 0 Å². The van der Waals surface area contributed by atoms with Gasteiger partial charge in [-0.05, 0) is 37.8 Å². The molecule has 0 spiro atoms. The van der Waals surface area contributed by atoms with Gasteiger partial charge in [0.25, 0.3) is 5.91 Å². The van der Waals surface area contributed by atoms with Crippen LogP contribution >= 0.6 is 0 Å². The summed E-state index contributed by atoms with van der Waals surface area (Å²) in [6.07, 6.45) is 1.34. The summed E-state index contributed by atoms with van der Waals surface area (Å²) in [5.41, 5.74) is 1.57. The molecule has 1 heterocycles. The first-order valence-corrected chi connectivity index (χ1v) is 8.61. The molecule has 0 bridgehead atoms. The van der Waals surface area contributed by atoms with Gasteiger partial charge < -0.3 is 15.0 Å². The molecule has 1 fully saturated rings. The van der Waals surface area contributed by atoms with Crippen LogP contribution in [0.2, 0.25) is 0 Å². The predicted octanol–water partition coefficient (Wildman–Crippen LogP) is 1.91. The number of benzene rings is 1. The molecule has 0 aliphatic carbocycles. The number of hydrogen-bond donors (Lipinski definition) is 1. The number of aryl methyl sites for hydroxylation is 1. The lowest BCUT2D eigenvalue weighted by Gasteiger charge is -2.29. The van der Waals surface area contributed by atoms with Crippen LogP contribution in [-0.2, 0) is 14.3 Å². The van der Waals surface area contributed by atoms with Gasteiger partial charge in [-0.2, -0.15) is 0 Å². The van der Waals surface area contributed by atoms with Crippen LogP contribution in [0.4, 0.5) is 0 Å². The maximum Gasteiger partial charge on any atom is 0.328 e. The van der Waals surface area contributed by atoms with Gasteiger partial charge in [-0.1, -0.05) is 31.5 Å². The minimum atomic E-state index is -0.681. The van der Waals surface area contributed by atoms with Crippen LogP contribution < -0.4 is 5.32 Å². The largest absolute Gasteiger partial charge is 0.467 e. The number of carbonyl (C=O) groups is 3. The normalized spacial score (nSPS) is 18.1. The van der Waals surface area contributed by atoms with Crippen LogP contribution in [0.3, 0.4) is 0 Å². The van der Waals surface area contributed by atoms with Crippen molar-refractivity contribution in [3.05, 3.63) is 35.4 Å². The zero-order valence-electron chi connectivity index (χ0n) is 15.2. The molecule has 25 heavy (non-hydrogen) atoms. The predicted molar refractivity (Wildman–Crippen MR) is 94.0 cm³/mol. The molecule has 2 amide bonds. The molecule has 1 N–H and O–H groups in total. The lowest BCUT2D eigenvalue weighted by atomic mass is 10.0. The summed E-state index contributed by atoms with van der Waals surface area (Å²) in [7, 11) is 1.32. The van der Waals surface area contributed by atoms with Crippen LogP contribution in [0.25, 0.3) is 0 Å². The van der Waals surface area contributed by atoms with E-state index < -0.39 is 18.1 Å². The van der Waals surface area contributed by atoms with Crippen LogP contribution in [-0.4, -0.2) is 48.4 Å². The molecule has 136 valence electrons. The van der Waals surface area contributed by atoms with E-state index in [9.17, 15) is 14.4 Å². The van der Waals surface area contributed by atoms with Crippen molar-refractivity contribution in [1.82, 2.24) is 10.2 Å². The minimum absolute atomic E-state index is 0.0965.